The minimum Gasteiger partial charge on any atom is -0.364 e. The highest BCUT2D eigenvalue weighted by Gasteiger charge is 2.32. The van der Waals surface area contributed by atoms with E-state index < -0.39 is 17.9 Å². The van der Waals surface area contributed by atoms with E-state index in [4.69, 9.17) is 10.5 Å². The monoisotopic (exact) mass is 301 g/mol. The maximum Gasteiger partial charge on any atom is 0.345 e. The molecule has 0 saturated heterocycles. The zero-order valence-electron chi connectivity index (χ0n) is 11.9. The number of nitrogens with one attached hydrogen (secondary N) is 2. The van der Waals surface area contributed by atoms with Gasteiger partial charge in [-0.2, -0.15) is 4.98 Å². The Morgan fingerprint density at radius 2 is 2.18 bits per heavy atom. The van der Waals surface area contributed by atoms with Gasteiger partial charge in [-0.25, -0.2) is 4.79 Å². The number of ether oxygens (including phenoxy) is 1. The molecule has 0 bridgehead atoms. The second-order valence-electron chi connectivity index (χ2n) is 4.65. The summed E-state index contributed by atoms with van der Waals surface area (Å²) >= 11 is 0. The summed E-state index contributed by atoms with van der Waals surface area (Å²) in [5, 5.41) is 3.20. The SMILES string of the molecule is CCOC1Nc2ccccc2N1c1cnc(=O)[nH]c1C(N)=O. The van der Waals surface area contributed by atoms with Gasteiger partial charge in [0.05, 0.1) is 23.3 Å². The van der Waals surface area contributed by atoms with E-state index in [0.717, 1.165) is 11.4 Å². The standard InChI is InChI=1S/C14H15N5O3/c1-2-22-14-17-8-5-3-4-6-9(8)19(14)10-7-16-13(21)18-11(10)12(15)20/h3-7,14,17H,2H2,1H3,(H2,15,20)(H,16,18,21). The molecule has 1 amide bonds. The van der Waals surface area contributed by atoms with Crippen LogP contribution in [0.15, 0.2) is 35.3 Å². The summed E-state index contributed by atoms with van der Waals surface area (Å²) in [6.07, 6.45) is 0.794. The molecule has 1 aromatic carbocycles. The number of nitrogens with two attached hydrogens (primary N) is 1. The number of fused-ring (bicyclic) bond motifs is 1. The van der Waals surface area contributed by atoms with Gasteiger partial charge in [-0.3, -0.25) is 14.7 Å². The highest BCUT2D eigenvalue weighted by atomic mass is 16.5. The smallest absolute Gasteiger partial charge is 0.345 e. The molecule has 0 fully saturated rings. The number of amides is 1. The quantitative estimate of drug-likeness (QED) is 0.768. The molecule has 1 unspecified atom stereocenters. The number of aromatic amines is 1. The summed E-state index contributed by atoms with van der Waals surface area (Å²) in [5.74, 6) is -0.742. The lowest BCUT2D eigenvalue weighted by molar-refractivity contribution is 0.0907. The molecule has 3 rings (SSSR count). The van der Waals surface area contributed by atoms with Crippen LogP contribution in [0.25, 0.3) is 0 Å². The first-order chi connectivity index (χ1) is 10.6. The van der Waals surface area contributed by atoms with Crippen LogP contribution in [0, 0.1) is 0 Å². The van der Waals surface area contributed by atoms with E-state index in [1.54, 1.807) is 4.90 Å². The molecule has 1 aliphatic heterocycles. The first-order valence-electron chi connectivity index (χ1n) is 6.77. The van der Waals surface area contributed by atoms with Crippen molar-refractivity contribution in [2.45, 2.75) is 13.3 Å². The summed E-state index contributed by atoms with van der Waals surface area (Å²) in [6, 6.07) is 7.52. The number of H-pyrrole nitrogens is 1. The van der Waals surface area contributed by atoms with E-state index in [1.165, 1.54) is 6.20 Å². The lowest BCUT2D eigenvalue weighted by Gasteiger charge is -2.26. The lowest BCUT2D eigenvalue weighted by Crippen LogP contribution is -2.37. The van der Waals surface area contributed by atoms with Gasteiger partial charge in [-0.15, -0.1) is 0 Å². The number of hydrogen-bond donors (Lipinski definition) is 3. The molecule has 114 valence electrons. The molecule has 8 nitrogen and oxygen atoms in total. The van der Waals surface area contributed by atoms with Gasteiger partial charge >= 0.3 is 5.69 Å². The van der Waals surface area contributed by atoms with Gasteiger partial charge in [0.2, 0.25) is 6.35 Å². The largest absolute Gasteiger partial charge is 0.364 e. The average Bonchev–Trinajstić information content (AvgIpc) is 2.85. The molecule has 2 aromatic rings. The van der Waals surface area contributed by atoms with Crippen LogP contribution in [0.4, 0.5) is 17.1 Å². The van der Waals surface area contributed by atoms with Crippen LogP contribution < -0.4 is 21.6 Å². The molecular weight excluding hydrogens is 286 g/mol. The fourth-order valence-electron chi connectivity index (χ4n) is 2.42. The van der Waals surface area contributed by atoms with Crippen molar-refractivity contribution >= 4 is 23.0 Å². The molecule has 8 heteroatoms. The van der Waals surface area contributed by atoms with Crippen LogP contribution in [0.2, 0.25) is 0 Å². The molecule has 1 aromatic heterocycles. The minimum atomic E-state index is -0.742. The Morgan fingerprint density at radius 1 is 1.41 bits per heavy atom. The number of carbonyl (C=O) groups excluding carboxylic acids is 1. The molecule has 0 aliphatic carbocycles. The summed E-state index contributed by atoms with van der Waals surface area (Å²) in [7, 11) is 0. The first kappa shape index (κ1) is 14.1. The molecule has 22 heavy (non-hydrogen) atoms. The van der Waals surface area contributed by atoms with Crippen molar-refractivity contribution in [3.8, 4) is 0 Å². The number of primary amides is 1. The van der Waals surface area contributed by atoms with E-state index in [-0.39, 0.29) is 5.69 Å². The highest BCUT2D eigenvalue weighted by Crippen LogP contribution is 2.40. The Hall–Kier alpha value is -2.87. The second-order valence-corrected chi connectivity index (χ2v) is 4.65. The summed E-state index contributed by atoms with van der Waals surface area (Å²) in [4.78, 5) is 30.8. The number of aromatic nitrogens is 2. The van der Waals surface area contributed by atoms with Crippen LogP contribution >= 0.6 is 0 Å². The Bertz CT molecular complexity index is 773. The van der Waals surface area contributed by atoms with Gasteiger partial charge in [0.25, 0.3) is 5.91 Å². The van der Waals surface area contributed by atoms with Crippen LogP contribution in [0.3, 0.4) is 0 Å². The van der Waals surface area contributed by atoms with Crippen molar-refractivity contribution in [3.63, 3.8) is 0 Å². The number of benzene rings is 1. The molecule has 2 heterocycles. The number of carbonyl (C=O) groups is 1. The van der Waals surface area contributed by atoms with Crippen LogP contribution in [0.5, 0.6) is 0 Å². The number of nitrogens with zero attached hydrogens (tertiary/aromatic N) is 2. The predicted octanol–water partition coefficient (Wildman–Crippen LogP) is 0.753. The molecular formula is C14H15N5O3. The normalized spacial score (nSPS) is 16.2. The van der Waals surface area contributed by atoms with Crippen molar-refractivity contribution in [2.75, 3.05) is 16.8 Å². The third-order valence-electron chi connectivity index (χ3n) is 3.30. The fourth-order valence-corrected chi connectivity index (χ4v) is 2.42. The summed E-state index contributed by atoms with van der Waals surface area (Å²) in [6.45, 7) is 2.33. The van der Waals surface area contributed by atoms with Crippen molar-refractivity contribution in [2.24, 2.45) is 5.73 Å². The predicted molar refractivity (Wildman–Crippen MR) is 81.0 cm³/mol. The Kier molecular flexibility index (Phi) is 3.51. The minimum absolute atomic E-state index is 0.0109. The van der Waals surface area contributed by atoms with Gasteiger partial charge in [0.15, 0.2) is 0 Å². The van der Waals surface area contributed by atoms with Gasteiger partial charge in [-0.1, -0.05) is 12.1 Å². The first-order valence-corrected chi connectivity index (χ1v) is 6.77. The van der Waals surface area contributed by atoms with Crippen LogP contribution in [-0.4, -0.2) is 28.8 Å². The van der Waals surface area contributed by atoms with E-state index in [9.17, 15) is 9.59 Å². The Labute approximate surface area is 125 Å². The maximum atomic E-state index is 11.6. The van der Waals surface area contributed by atoms with E-state index in [1.807, 2.05) is 31.2 Å². The zero-order valence-corrected chi connectivity index (χ0v) is 11.9. The summed E-state index contributed by atoms with van der Waals surface area (Å²) in [5.41, 5.74) is 6.75. The van der Waals surface area contributed by atoms with E-state index in [2.05, 4.69) is 15.3 Å². The van der Waals surface area contributed by atoms with E-state index >= 15 is 0 Å². The van der Waals surface area contributed by atoms with Crippen molar-refractivity contribution < 1.29 is 9.53 Å². The lowest BCUT2D eigenvalue weighted by atomic mass is 10.2. The summed E-state index contributed by atoms with van der Waals surface area (Å²) < 4.78 is 5.66. The van der Waals surface area contributed by atoms with Crippen molar-refractivity contribution in [1.29, 1.82) is 0 Å². The number of anilines is 3. The highest BCUT2D eigenvalue weighted by molar-refractivity contribution is 5.98. The molecule has 1 atom stereocenters. The molecule has 0 spiro atoms. The zero-order chi connectivity index (χ0) is 15.7. The van der Waals surface area contributed by atoms with Crippen molar-refractivity contribution in [3.05, 3.63) is 46.6 Å². The molecule has 0 saturated carbocycles. The van der Waals surface area contributed by atoms with Gasteiger partial charge in [-0.05, 0) is 19.1 Å². The molecule has 4 N–H and O–H groups in total. The number of para-hydroxylation sites is 2. The maximum absolute atomic E-state index is 11.6. The number of rotatable bonds is 4. The fraction of sp³-hybridized carbons (Fsp3) is 0.214. The molecule has 1 aliphatic rings. The third-order valence-corrected chi connectivity index (χ3v) is 3.30. The van der Waals surface area contributed by atoms with Gasteiger partial charge < -0.3 is 15.8 Å². The van der Waals surface area contributed by atoms with Gasteiger partial charge in [0, 0.05) is 6.61 Å². The van der Waals surface area contributed by atoms with Crippen LogP contribution in [0.1, 0.15) is 17.4 Å². The van der Waals surface area contributed by atoms with Crippen molar-refractivity contribution in [1.82, 2.24) is 9.97 Å². The molecule has 0 radical (unpaired) electrons. The second kappa shape index (κ2) is 5.49. The topological polar surface area (TPSA) is 113 Å². The number of hydrogen-bond acceptors (Lipinski definition) is 6. The Balaban J connectivity index is 2.16. The van der Waals surface area contributed by atoms with Crippen LogP contribution in [-0.2, 0) is 4.74 Å². The average molecular weight is 301 g/mol. The Morgan fingerprint density at radius 3 is 2.91 bits per heavy atom. The van der Waals surface area contributed by atoms with E-state index in [0.29, 0.717) is 12.3 Å². The third kappa shape index (κ3) is 2.29. The van der Waals surface area contributed by atoms with Gasteiger partial charge in [0.1, 0.15) is 5.69 Å².